The molecule has 0 aromatic rings. The fourth-order valence-electron chi connectivity index (χ4n) is 3.46. The number of hydrogen-bond acceptors (Lipinski definition) is 4. The number of carboxylic acids is 1. The van der Waals surface area contributed by atoms with Crippen molar-refractivity contribution in [1.82, 2.24) is 5.32 Å². The SMILES string of the molecule is O=CCCC(CO)NC(=O)CCCCCCCCCCCCCCCCC(=O)O. The lowest BCUT2D eigenvalue weighted by Gasteiger charge is -2.14. The van der Waals surface area contributed by atoms with Gasteiger partial charge in [0.05, 0.1) is 12.6 Å². The highest BCUT2D eigenvalue weighted by atomic mass is 16.4. The predicted molar refractivity (Wildman–Crippen MR) is 116 cm³/mol. The summed E-state index contributed by atoms with van der Waals surface area (Å²) < 4.78 is 0. The first-order chi connectivity index (χ1) is 14.1. The number of unbranched alkanes of at least 4 members (excludes halogenated alkanes) is 13. The van der Waals surface area contributed by atoms with Gasteiger partial charge in [0.25, 0.3) is 0 Å². The van der Waals surface area contributed by atoms with Crippen LogP contribution in [0.25, 0.3) is 0 Å². The van der Waals surface area contributed by atoms with Crippen LogP contribution in [-0.2, 0) is 14.4 Å². The van der Waals surface area contributed by atoms with Gasteiger partial charge in [-0.05, 0) is 19.3 Å². The average Bonchev–Trinajstić information content (AvgIpc) is 2.70. The van der Waals surface area contributed by atoms with Gasteiger partial charge in [-0.15, -0.1) is 0 Å². The van der Waals surface area contributed by atoms with Crippen LogP contribution in [0.3, 0.4) is 0 Å². The van der Waals surface area contributed by atoms with E-state index in [0.717, 1.165) is 44.8 Å². The molecule has 1 unspecified atom stereocenters. The molecular formula is C23H43NO5. The molecular weight excluding hydrogens is 370 g/mol. The molecule has 0 aliphatic carbocycles. The molecule has 1 amide bonds. The summed E-state index contributed by atoms with van der Waals surface area (Å²) in [5.74, 6) is -0.717. The first kappa shape index (κ1) is 27.6. The third-order valence-corrected chi connectivity index (χ3v) is 5.26. The van der Waals surface area contributed by atoms with Crippen molar-refractivity contribution in [3.63, 3.8) is 0 Å². The van der Waals surface area contributed by atoms with E-state index in [2.05, 4.69) is 5.32 Å². The number of aliphatic carboxylic acids is 1. The third-order valence-electron chi connectivity index (χ3n) is 5.26. The first-order valence-corrected chi connectivity index (χ1v) is 11.7. The molecule has 6 nitrogen and oxygen atoms in total. The largest absolute Gasteiger partial charge is 0.481 e. The van der Waals surface area contributed by atoms with Crippen LogP contribution in [0.5, 0.6) is 0 Å². The maximum atomic E-state index is 11.8. The Labute approximate surface area is 176 Å². The lowest BCUT2D eigenvalue weighted by atomic mass is 10.0. The molecule has 0 saturated carbocycles. The van der Waals surface area contributed by atoms with Crippen LogP contribution in [-0.4, -0.2) is 41.0 Å². The number of amides is 1. The van der Waals surface area contributed by atoms with E-state index in [9.17, 15) is 19.5 Å². The van der Waals surface area contributed by atoms with Crippen molar-refractivity contribution < 1.29 is 24.6 Å². The van der Waals surface area contributed by atoms with Crippen LogP contribution < -0.4 is 5.32 Å². The van der Waals surface area contributed by atoms with E-state index in [1.165, 1.54) is 51.4 Å². The van der Waals surface area contributed by atoms with Crippen molar-refractivity contribution in [2.24, 2.45) is 0 Å². The normalized spacial score (nSPS) is 11.9. The lowest BCUT2D eigenvalue weighted by molar-refractivity contribution is -0.137. The van der Waals surface area contributed by atoms with Gasteiger partial charge < -0.3 is 20.3 Å². The number of aliphatic hydroxyl groups is 1. The second-order valence-corrected chi connectivity index (χ2v) is 8.03. The third kappa shape index (κ3) is 21.1. The molecule has 1 atom stereocenters. The van der Waals surface area contributed by atoms with E-state index in [4.69, 9.17) is 5.11 Å². The van der Waals surface area contributed by atoms with Gasteiger partial charge in [0.15, 0.2) is 0 Å². The molecule has 0 saturated heterocycles. The number of hydrogen-bond donors (Lipinski definition) is 3. The van der Waals surface area contributed by atoms with Gasteiger partial charge >= 0.3 is 5.97 Å². The van der Waals surface area contributed by atoms with Crippen molar-refractivity contribution in [2.75, 3.05) is 6.61 Å². The molecule has 0 aromatic heterocycles. The van der Waals surface area contributed by atoms with Gasteiger partial charge in [0.2, 0.25) is 5.91 Å². The zero-order valence-electron chi connectivity index (χ0n) is 18.2. The minimum atomic E-state index is -0.686. The Morgan fingerprint density at radius 3 is 1.52 bits per heavy atom. The summed E-state index contributed by atoms with van der Waals surface area (Å²) in [6, 6.07) is -0.301. The highest BCUT2D eigenvalue weighted by Gasteiger charge is 2.10. The molecule has 0 bridgehead atoms. The molecule has 0 aromatic carbocycles. The van der Waals surface area contributed by atoms with Crippen LogP contribution >= 0.6 is 0 Å². The van der Waals surface area contributed by atoms with E-state index in [1.54, 1.807) is 0 Å². The highest BCUT2D eigenvalue weighted by molar-refractivity contribution is 5.76. The maximum absolute atomic E-state index is 11.8. The Balaban J connectivity index is 3.28. The predicted octanol–water partition coefficient (Wildman–Crippen LogP) is 4.77. The van der Waals surface area contributed by atoms with Crippen LogP contribution in [0.15, 0.2) is 0 Å². The Kier molecular flexibility index (Phi) is 20.2. The lowest BCUT2D eigenvalue weighted by Crippen LogP contribution is -2.37. The topological polar surface area (TPSA) is 104 Å². The summed E-state index contributed by atoms with van der Waals surface area (Å²) in [6.45, 7) is -0.119. The summed E-state index contributed by atoms with van der Waals surface area (Å²) in [4.78, 5) is 32.6. The zero-order chi connectivity index (χ0) is 21.6. The molecule has 0 rings (SSSR count). The van der Waals surface area contributed by atoms with E-state index in [1.807, 2.05) is 0 Å². The van der Waals surface area contributed by atoms with Gasteiger partial charge in [0, 0.05) is 19.3 Å². The smallest absolute Gasteiger partial charge is 0.303 e. The Morgan fingerprint density at radius 1 is 0.724 bits per heavy atom. The molecule has 0 aliphatic rings. The summed E-state index contributed by atoms with van der Waals surface area (Å²) in [5.41, 5.74) is 0. The summed E-state index contributed by atoms with van der Waals surface area (Å²) in [6.07, 6.45) is 18.7. The van der Waals surface area contributed by atoms with Gasteiger partial charge in [-0.2, -0.15) is 0 Å². The highest BCUT2D eigenvalue weighted by Crippen LogP contribution is 2.13. The second-order valence-electron chi connectivity index (χ2n) is 8.03. The fourth-order valence-corrected chi connectivity index (χ4v) is 3.46. The molecule has 0 aliphatic heterocycles. The van der Waals surface area contributed by atoms with Crippen LogP contribution in [0.2, 0.25) is 0 Å². The van der Waals surface area contributed by atoms with Crippen molar-refractivity contribution in [2.45, 2.75) is 122 Å². The van der Waals surface area contributed by atoms with Crippen LogP contribution in [0.1, 0.15) is 116 Å². The summed E-state index contributed by atoms with van der Waals surface area (Å²) in [5, 5.41) is 20.5. The standard InChI is InChI=1S/C23H43NO5/c25-19-15-16-21(20-26)24-22(27)17-13-11-9-7-5-3-1-2-4-6-8-10-12-14-18-23(28)29/h19,21,26H,1-18,20H2,(H,24,27)(H,28,29). The summed E-state index contributed by atoms with van der Waals surface area (Å²) >= 11 is 0. The molecule has 29 heavy (non-hydrogen) atoms. The zero-order valence-corrected chi connectivity index (χ0v) is 18.2. The number of carbonyl (C=O) groups excluding carboxylic acids is 2. The Hall–Kier alpha value is -1.43. The van der Waals surface area contributed by atoms with Gasteiger partial charge in [0.1, 0.15) is 6.29 Å². The molecule has 0 fully saturated rings. The minimum absolute atomic E-state index is 0.0307. The first-order valence-electron chi connectivity index (χ1n) is 11.7. The van der Waals surface area contributed by atoms with Crippen molar-refractivity contribution in [1.29, 1.82) is 0 Å². The van der Waals surface area contributed by atoms with E-state index >= 15 is 0 Å². The Morgan fingerprint density at radius 2 is 1.14 bits per heavy atom. The maximum Gasteiger partial charge on any atom is 0.303 e. The van der Waals surface area contributed by atoms with Crippen molar-refractivity contribution >= 4 is 18.2 Å². The van der Waals surface area contributed by atoms with E-state index < -0.39 is 5.97 Å². The van der Waals surface area contributed by atoms with Crippen molar-refractivity contribution in [3.8, 4) is 0 Å². The molecule has 3 N–H and O–H groups in total. The van der Waals surface area contributed by atoms with Crippen LogP contribution in [0, 0.1) is 0 Å². The van der Waals surface area contributed by atoms with E-state index in [-0.39, 0.29) is 18.6 Å². The second kappa shape index (κ2) is 21.3. The number of carboxylic acid groups (broad SMARTS) is 1. The fraction of sp³-hybridized carbons (Fsp3) is 0.870. The Bertz CT molecular complexity index is 414. The molecule has 0 spiro atoms. The monoisotopic (exact) mass is 413 g/mol. The van der Waals surface area contributed by atoms with E-state index in [0.29, 0.717) is 25.7 Å². The van der Waals surface area contributed by atoms with Crippen LogP contribution in [0.4, 0.5) is 0 Å². The van der Waals surface area contributed by atoms with Gasteiger partial charge in [-0.25, -0.2) is 0 Å². The number of aldehydes is 1. The number of nitrogens with one attached hydrogen (secondary N) is 1. The quantitative estimate of drug-likeness (QED) is 0.175. The number of carbonyl (C=O) groups is 3. The van der Waals surface area contributed by atoms with Gasteiger partial charge in [-0.1, -0.05) is 77.0 Å². The molecule has 170 valence electrons. The average molecular weight is 414 g/mol. The summed E-state index contributed by atoms with van der Waals surface area (Å²) in [7, 11) is 0. The minimum Gasteiger partial charge on any atom is -0.481 e. The molecule has 6 heteroatoms. The number of aliphatic hydroxyl groups excluding tert-OH is 1. The molecule has 0 radical (unpaired) electrons. The van der Waals surface area contributed by atoms with Gasteiger partial charge in [-0.3, -0.25) is 9.59 Å². The molecule has 0 heterocycles. The number of rotatable bonds is 22. The van der Waals surface area contributed by atoms with Crippen molar-refractivity contribution in [3.05, 3.63) is 0 Å².